The number of nitrogens with one attached hydrogen (secondary N) is 1. The molecule has 4 rings (SSSR count). The fraction of sp³-hybridized carbons (Fsp3) is 0.391. The minimum absolute atomic E-state index is 0.143. The molecule has 0 radical (unpaired) electrons. The number of hydrogen-bond acceptors (Lipinski definition) is 4. The molecule has 1 unspecified atom stereocenters. The SMILES string of the molecule is CCC1(CCOC)CN(S(=O)c2ccc(CNC(=O)c3ccc4nccn4c3)cc2)C1. The number of ether oxygens (including phenoxy) is 1. The summed E-state index contributed by atoms with van der Waals surface area (Å²) >= 11 is 0. The molecule has 7 nitrogen and oxygen atoms in total. The molecule has 1 aliphatic heterocycles. The number of amides is 1. The Morgan fingerprint density at radius 2 is 2.00 bits per heavy atom. The first-order valence-corrected chi connectivity index (χ1v) is 11.6. The number of aromatic nitrogens is 2. The van der Waals surface area contributed by atoms with Gasteiger partial charge in [0.15, 0.2) is 0 Å². The first-order valence-electron chi connectivity index (χ1n) is 10.5. The molecule has 3 aromatic rings. The van der Waals surface area contributed by atoms with Crippen molar-refractivity contribution in [1.82, 2.24) is 19.0 Å². The van der Waals surface area contributed by atoms with E-state index in [1.807, 2.05) is 45.2 Å². The molecule has 0 saturated carbocycles. The summed E-state index contributed by atoms with van der Waals surface area (Å²) in [4.78, 5) is 17.4. The third-order valence-corrected chi connectivity index (χ3v) is 7.48. The van der Waals surface area contributed by atoms with Crippen LogP contribution in [0.1, 0.15) is 35.7 Å². The number of hydrogen-bond donors (Lipinski definition) is 1. The van der Waals surface area contributed by atoms with E-state index >= 15 is 0 Å². The standard InChI is InChI=1S/C23H28N4O3S/c1-3-23(10-13-30-2)16-27(17-23)31(29)20-7-4-18(5-8-20)14-25-22(28)19-6-9-21-24-11-12-26(21)15-19/h4-9,11-12,15H,3,10,13-14,16-17H2,1-2H3,(H,25,28). The van der Waals surface area contributed by atoms with Gasteiger partial charge in [-0.3, -0.25) is 4.79 Å². The maximum Gasteiger partial charge on any atom is 0.253 e. The maximum atomic E-state index is 12.9. The number of methoxy groups -OCH3 is 1. The highest BCUT2D eigenvalue weighted by atomic mass is 32.2. The molecule has 3 heterocycles. The lowest BCUT2D eigenvalue weighted by atomic mass is 9.76. The Morgan fingerprint density at radius 3 is 2.71 bits per heavy atom. The van der Waals surface area contributed by atoms with Crippen LogP contribution in [0.2, 0.25) is 0 Å². The zero-order valence-corrected chi connectivity index (χ0v) is 18.7. The van der Waals surface area contributed by atoms with Gasteiger partial charge < -0.3 is 14.5 Å². The fourth-order valence-electron chi connectivity index (χ4n) is 3.91. The lowest BCUT2D eigenvalue weighted by Gasteiger charge is -2.49. The fourth-order valence-corrected chi connectivity index (χ4v) is 5.36. The van der Waals surface area contributed by atoms with E-state index in [4.69, 9.17) is 4.74 Å². The first kappa shape index (κ1) is 21.7. The van der Waals surface area contributed by atoms with Crippen LogP contribution in [0.3, 0.4) is 0 Å². The summed E-state index contributed by atoms with van der Waals surface area (Å²) in [5.41, 5.74) is 2.56. The van der Waals surface area contributed by atoms with E-state index < -0.39 is 11.0 Å². The molecule has 2 aromatic heterocycles. The van der Waals surface area contributed by atoms with E-state index in [0.29, 0.717) is 12.1 Å². The Labute approximate surface area is 185 Å². The third-order valence-electron chi connectivity index (χ3n) is 6.07. The Hall–Kier alpha value is -2.55. The van der Waals surface area contributed by atoms with Crippen molar-refractivity contribution in [1.29, 1.82) is 0 Å². The number of benzene rings is 1. The lowest BCUT2D eigenvalue weighted by Crippen LogP contribution is -2.56. The Kier molecular flexibility index (Phi) is 6.50. The quantitative estimate of drug-likeness (QED) is 0.555. The molecular weight excluding hydrogens is 412 g/mol. The lowest BCUT2D eigenvalue weighted by molar-refractivity contribution is 0.0316. The van der Waals surface area contributed by atoms with E-state index in [-0.39, 0.29) is 11.3 Å². The Morgan fingerprint density at radius 1 is 1.23 bits per heavy atom. The van der Waals surface area contributed by atoms with Gasteiger partial charge in [0.2, 0.25) is 0 Å². The van der Waals surface area contributed by atoms with Gasteiger partial charge in [0, 0.05) is 51.9 Å². The highest BCUT2D eigenvalue weighted by molar-refractivity contribution is 7.82. The van der Waals surface area contributed by atoms with Gasteiger partial charge in [-0.25, -0.2) is 13.5 Å². The monoisotopic (exact) mass is 440 g/mol. The summed E-state index contributed by atoms with van der Waals surface area (Å²) < 4.78 is 21.9. The van der Waals surface area contributed by atoms with E-state index in [9.17, 15) is 9.00 Å². The molecule has 1 fully saturated rings. The second-order valence-electron chi connectivity index (χ2n) is 8.08. The van der Waals surface area contributed by atoms with Crippen LogP contribution in [0.5, 0.6) is 0 Å². The summed E-state index contributed by atoms with van der Waals surface area (Å²) in [6.07, 6.45) is 7.34. The van der Waals surface area contributed by atoms with E-state index in [1.165, 1.54) is 0 Å². The van der Waals surface area contributed by atoms with Gasteiger partial charge in [-0.05, 0) is 48.1 Å². The molecule has 8 heteroatoms. The van der Waals surface area contributed by atoms with Crippen molar-refractivity contribution >= 4 is 22.5 Å². The van der Waals surface area contributed by atoms with Crippen molar-refractivity contribution in [3.63, 3.8) is 0 Å². The predicted octanol–water partition coefficient (Wildman–Crippen LogP) is 3.04. The molecular formula is C23H28N4O3S. The van der Waals surface area contributed by atoms with Crippen molar-refractivity contribution in [3.8, 4) is 0 Å². The number of carbonyl (C=O) groups is 1. The zero-order chi connectivity index (χ0) is 21.8. The van der Waals surface area contributed by atoms with Crippen LogP contribution in [0, 0.1) is 5.41 Å². The predicted molar refractivity (Wildman–Crippen MR) is 120 cm³/mol. The first-order chi connectivity index (χ1) is 15.0. The Balaban J connectivity index is 1.31. The number of fused-ring (bicyclic) bond motifs is 1. The van der Waals surface area contributed by atoms with Gasteiger partial charge in [-0.15, -0.1) is 0 Å². The summed E-state index contributed by atoms with van der Waals surface area (Å²) in [6, 6.07) is 11.2. The van der Waals surface area contributed by atoms with Crippen molar-refractivity contribution in [2.45, 2.75) is 31.2 Å². The topological polar surface area (TPSA) is 75.9 Å². The number of pyridine rings is 1. The second-order valence-corrected chi connectivity index (χ2v) is 9.57. The highest BCUT2D eigenvalue weighted by Gasteiger charge is 2.43. The third kappa shape index (κ3) is 4.71. The van der Waals surface area contributed by atoms with Crippen molar-refractivity contribution < 1.29 is 13.7 Å². The highest BCUT2D eigenvalue weighted by Crippen LogP contribution is 2.39. The van der Waals surface area contributed by atoms with Crippen LogP contribution >= 0.6 is 0 Å². The molecule has 0 bridgehead atoms. The Bertz CT molecular complexity index is 1070. The van der Waals surface area contributed by atoms with Crippen molar-refractivity contribution in [2.24, 2.45) is 5.41 Å². The second kappa shape index (κ2) is 9.30. The number of nitrogens with zero attached hydrogens (tertiary/aromatic N) is 3. The molecule has 1 atom stereocenters. The van der Waals surface area contributed by atoms with Gasteiger partial charge in [0.05, 0.1) is 10.5 Å². The van der Waals surface area contributed by atoms with Gasteiger partial charge in [-0.1, -0.05) is 19.1 Å². The maximum absolute atomic E-state index is 12.9. The van der Waals surface area contributed by atoms with Crippen LogP contribution in [0.15, 0.2) is 59.9 Å². The number of carbonyl (C=O) groups excluding carboxylic acids is 1. The molecule has 0 spiro atoms. The molecule has 0 aliphatic carbocycles. The summed E-state index contributed by atoms with van der Waals surface area (Å²) in [6.45, 7) is 5.00. The van der Waals surface area contributed by atoms with Crippen LogP contribution in [-0.4, -0.2) is 50.6 Å². The minimum atomic E-state index is -1.16. The smallest absolute Gasteiger partial charge is 0.253 e. The molecule has 1 aliphatic rings. The molecule has 164 valence electrons. The summed E-state index contributed by atoms with van der Waals surface area (Å²) in [5.74, 6) is -0.143. The number of rotatable bonds is 9. The zero-order valence-electron chi connectivity index (χ0n) is 17.9. The average Bonchev–Trinajstić information content (AvgIpc) is 3.25. The molecule has 1 aromatic carbocycles. The van der Waals surface area contributed by atoms with Crippen LogP contribution in [0.25, 0.3) is 5.65 Å². The van der Waals surface area contributed by atoms with Gasteiger partial charge in [0.1, 0.15) is 16.6 Å². The van der Waals surface area contributed by atoms with Gasteiger partial charge in [-0.2, -0.15) is 0 Å². The largest absolute Gasteiger partial charge is 0.385 e. The average molecular weight is 441 g/mol. The van der Waals surface area contributed by atoms with Crippen LogP contribution < -0.4 is 5.32 Å². The molecule has 1 saturated heterocycles. The van der Waals surface area contributed by atoms with Gasteiger partial charge in [0.25, 0.3) is 5.91 Å². The molecule has 31 heavy (non-hydrogen) atoms. The normalized spacial score (nSPS) is 16.7. The van der Waals surface area contributed by atoms with Crippen molar-refractivity contribution in [2.75, 3.05) is 26.8 Å². The molecule has 1 N–H and O–H groups in total. The van der Waals surface area contributed by atoms with Gasteiger partial charge >= 0.3 is 0 Å². The summed E-state index contributed by atoms with van der Waals surface area (Å²) in [7, 11) is 0.564. The van der Waals surface area contributed by atoms with E-state index in [1.54, 1.807) is 25.6 Å². The minimum Gasteiger partial charge on any atom is -0.385 e. The van der Waals surface area contributed by atoms with E-state index in [2.05, 4.69) is 17.2 Å². The van der Waals surface area contributed by atoms with Crippen LogP contribution in [-0.2, 0) is 22.3 Å². The van der Waals surface area contributed by atoms with Crippen molar-refractivity contribution in [3.05, 3.63) is 66.1 Å². The van der Waals surface area contributed by atoms with E-state index in [0.717, 1.165) is 48.6 Å². The summed E-state index contributed by atoms with van der Waals surface area (Å²) in [5, 5.41) is 2.93. The number of imidazole rings is 1. The molecule has 1 amide bonds. The van der Waals surface area contributed by atoms with Crippen LogP contribution in [0.4, 0.5) is 0 Å².